The van der Waals surface area contributed by atoms with Crippen molar-refractivity contribution in [2.45, 2.75) is 19.3 Å². The predicted molar refractivity (Wildman–Crippen MR) is 48.3 cm³/mol. The molecule has 1 aromatic heterocycles. The minimum atomic E-state index is -0.964. The van der Waals surface area contributed by atoms with E-state index in [-0.39, 0.29) is 12.3 Å². The number of aromatic nitrogens is 2. The SMILES string of the molecule is O=C(O)Cc1nc(CC2CCOC2)no1. The number of hydrogen-bond acceptors (Lipinski definition) is 5. The molecule has 1 aromatic rings. The van der Waals surface area contributed by atoms with E-state index in [4.69, 9.17) is 14.4 Å². The number of rotatable bonds is 4. The van der Waals surface area contributed by atoms with E-state index in [0.29, 0.717) is 18.2 Å². The smallest absolute Gasteiger partial charge is 0.312 e. The van der Waals surface area contributed by atoms with Gasteiger partial charge in [-0.1, -0.05) is 5.16 Å². The van der Waals surface area contributed by atoms with Crippen LogP contribution < -0.4 is 0 Å². The molecule has 1 unspecified atom stereocenters. The lowest BCUT2D eigenvalue weighted by Crippen LogP contribution is -2.05. The lowest BCUT2D eigenvalue weighted by Gasteiger charge is -2.00. The predicted octanol–water partition coefficient (Wildman–Crippen LogP) is 0.276. The Balaban J connectivity index is 1.91. The highest BCUT2D eigenvalue weighted by molar-refractivity contribution is 5.68. The zero-order valence-corrected chi connectivity index (χ0v) is 8.18. The first kappa shape index (κ1) is 10.1. The summed E-state index contributed by atoms with van der Waals surface area (Å²) in [5.41, 5.74) is 0. The van der Waals surface area contributed by atoms with Gasteiger partial charge in [0.2, 0.25) is 5.89 Å². The molecule has 0 aromatic carbocycles. The molecule has 0 radical (unpaired) electrons. The van der Waals surface area contributed by atoms with Crippen molar-refractivity contribution in [3.05, 3.63) is 11.7 Å². The van der Waals surface area contributed by atoms with Crippen molar-refractivity contribution in [1.29, 1.82) is 0 Å². The molecule has 1 fully saturated rings. The molecule has 82 valence electrons. The Hall–Kier alpha value is -1.43. The summed E-state index contributed by atoms with van der Waals surface area (Å²) < 4.78 is 10.0. The second kappa shape index (κ2) is 4.39. The summed E-state index contributed by atoms with van der Waals surface area (Å²) >= 11 is 0. The Morgan fingerprint density at radius 1 is 1.60 bits per heavy atom. The Kier molecular flexibility index (Phi) is 2.96. The van der Waals surface area contributed by atoms with Crippen LogP contribution in [0.5, 0.6) is 0 Å². The van der Waals surface area contributed by atoms with E-state index in [2.05, 4.69) is 10.1 Å². The van der Waals surface area contributed by atoms with E-state index in [1.165, 1.54) is 0 Å². The van der Waals surface area contributed by atoms with Crippen molar-refractivity contribution in [1.82, 2.24) is 10.1 Å². The highest BCUT2D eigenvalue weighted by atomic mass is 16.5. The Morgan fingerprint density at radius 2 is 2.47 bits per heavy atom. The number of carboxylic acids is 1. The third-order valence-electron chi connectivity index (χ3n) is 2.31. The van der Waals surface area contributed by atoms with Crippen LogP contribution in [0.2, 0.25) is 0 Å². The van der Waals surface area contributed by atoms with Crippen LogP contribution in [0.25, 0.3) is 0 Å². The van der Waals surface area contributed by atoms with Crippen LogP contribution in [-0.2, 0) is 22.4 Å². The summed E-state index contributed by atoms with van der Waals surface area (Å²) in [6.07, 6.45) is 1.49. The number of ether oxygens (including phenoxy) is 1. The number of carbonyl (C=O) groups is 1. The van der Waals surface area contributed by atoms with Gasteiger partial charge in [0.15, 0.2) is 5.82 Å². The first-order valence-corrected chi connectivity index (χ1v) is 4.85. The first-order chi connectivity index (χ1) is 7.24. The normalized spacial score (nSPS) is 20.7. The fraction of sp³-hybridized carbons (Fsp3) is 0.667. The van der Waals surface area contributed by atoms with Gasteiger partial charge in [0.25, 0.3) is 0 Å². The average molecular weight is 212 g/mol. The summed E-state index contributed by atoms with van der Waals surface area (Å²) in [6.45, 7) is 1.51. The monoisotopic (exact) mass is 212 g/mol. The van der Waals surface area contributed by atoms with Crippen LogP contribution in [0.4, 0.5) is 0 Å². The Labute approximate surface area is 86.2 Å². The van der Waals surface area contributed by atoms with Gasteiger partial charge >= 0.3 is 5.97 Å². The largest absolute Gasteiger partial charge is 0.481 e. The van der Waals surface area contributed by atoms with Crippen molar-refractivity contribution in [2.24, 2.45) is 5.92 Å². The molecule has 1 saturated heterocycles. The Bertz CT molecular complexity index is 344. The van der Waals surface area contributed by atoms with Crippen LogP contribution in [0, 0.1) is 5.92 Å². The topological polar surface area (TPSA) is 85.5 Å². The number of carboxylic acid groups (broad SMARTS) is 1. The maximum absolute atomic E-state index is 10.4. The van der Waals surface area contributed by atoms with Crippen molar-refractivity contribution in [3.8, 4) is 0 Å². The molecule has 2 heterocycles. The fourth-order valence-corrected chi connectivity index (χ4v) is 1.58. The van der Waals surface area contributed by atoms with Crippen LogP contribution in [0.1, 0.15) is 18.1 Å². The summed E-state index contributed by atoms with van der Waals surface area (Å²) in [5.74, 6) is 0.202. The van der Waals surface area contributed by atoms with Crippen molar-refractivity contribution < 1.29 is 19.2 Å². The van der Waals surface area contributed by atoms with E-state index in [1.54, 1.807) is 0 Å². The van der Waals surface area contributed by atoms with Gasteiger partial charge in [0.05, 0.1) is 0 Å². The van der Waals surface area contributed by atoms with Crippen molar-refractivity contribution in [3.63, 3.8) is 0 Å². The third-order valence-corrected chi connectivity index (χ3v) is 2.31. The van der Waals surface area contributed by atoms with Gasteiger partial charge < -0.3 is 14.4 Å². The van der Waals surface area contributed by atoms with E-state index in [0.717, 1.165) is 19.6 Å². The molecule has 0 aliphatic carbocycles. The zero-order chi connectivity index (χ0) is 10.7. The van der Waals surface area contributed by atoms with Gasteiger partial charge in [0, 0.05) is 19.6 Å². The maximum atomic E-state index is 10.4. The molecule has 1 N–H and O–H groups in total. The zero-order valence-electron chi connectivity index (χ0n) is 8.18. The van der Waals surface area contributed by atoms with E-state index >= 15 is 0 Å². The molecule has 2 rings (SSSR count). The van der Waals surface area contributed by atoms with Crippen LogP contribution in [0.3, 0.4) is 0 Å². The minimum Gasteiger partial charge on any atom is -0.481 e. The lowest BCUT2D eigenvalue weighted by molar-refractivity contribution is -0.136. The molecule has 0 saturated carbocycles. The quantitative estimate of drug-likeness (QED) is 0.771. The highest BCUT2D eigenvalue weighted by Gasteiger charge is 2.19. The third kappa shape index (κ3) is 2.76. The standard InChI is InChI=1S/C9H12N2O4/c12-9(13)4-8-10-7(11-15-8)3-6-1-2-14-5-6/h6H,1-5H2,(H,12,13). The molecule has 1 aliphatic rings. The lowest BCUT2D eigenvalue weighted by atomic mass is 10.1. The maximum Gasteiger partial charge on any atom is 0.312 e. The van der Waals surface area contributed by atoms with Crippen LogP contribution in [0.15, 0.2) is 4.52 Å². The van der Waals surface area contributed by atoms with E-state index < -0.39 is 5.97 Å². The molecule has 15 heavy (non-hydrogen) atoms. The van der Waals surface area contributed by atoms with E-state index in [9.17, 15) is 4.79 Å². The van der Waals surface area contributed by atoms with Gasteiger partial charge in [-0.3, -0.25) is 4.79 Å². The average Bonchev–Trinajstić information content (AvgIpc) is 2.77. The molecule has 6 heteroatoms. The van der Waals surface area contributed by atoms with Crippen molar-refractivity contribution in [2.75, 3.05) is 13.2 Å². The summed E-state index contributed by atoms with van der Waals surface area (Å²) in [7, 11) is 0. The van der Waals surface area contributed by atoms with Gasteiger partial charge in [-0.05, 0) is 12.3 Å². The first-order valence-electron chi connectivity index (χ1n) is 4.85. The highest BCUT2D eigenvalue weighted by Crippen LogP contribution is 2.16. The van der Waals surface area contributed by atoms with E-state index in [1.807, 2.05) is 0 Å². The molecular weight excluding hydrogens is 200 g/mol. The molecule has 0 bridgehead atoms. The van der Waals surface area contributed by atoms with Gasteiger partial charge in [0.1, 0.15) is 6.42 Å². The fourth-order valence-electron chi connectivity index (χ4n) is 1.58. The molecule has 0 spiro atoms. The summed E-state index contributed by atoms with van der Waals surface area (Å²) in [4.78, 5) is 14.4. The molecule has 6 nitrogen and oxygen atoms in total. The summed E-state index contributed by atoms with van der Waals surface area (Å²) in [5, 5.41) is 12.2. The molecule has 0 amide bonds. The van der Waals surface area contributed by atoms with Crippen LogP contribution in [-0.4, -0.2) is 34.4 Å². The van der Waals surface area contributed by atoms with Gasteiger partial charge in [-0.2, -0.15) is 4.98 Å². The summed E-state index contributed by atoms with van der Waals surface area (Å²) in [6, 6.07) is 0. The number of nitrogens with zero attached hydrogens (tertiary/aromatic N) is 2. The minimum absolute atomic E-state index is 0.163. The molecule has 1 aliphatic heterocycles. The van der Waals surface area contributed by atoms with Crippen molar-refractivity contribution >= 4 is 5.97 Å². The van der Waals surface area contributed by atoms with Crippen LogP contribution >= 0.6 is 0 Å². The Morgan fingerprint density at radius 3 is 3.13 bits per heavy atom. The number of hydrogen-bond donors (Lipinski definition) is 1. The van der Waals surface area contributed by atoms with Gasteiger partial charge in [-0.25, -0.2) is 0 Å². The second-order valence-electron chi connectivity index (χ2n) is 3.61. The number of aliphatic carboxylic acids is 1. The molecular formula is C9H12N2O4. The second-order valence-corrected chi connectivity index (χ2v) is 3.61. The van der Waals surface area contributed by atoms with Gasteiger partial charge in [-0.15, -0.1) is 0 Å². The molecule has 1 atom stereocenters.